The number of carbonyl (C=O) groups excluding carboxylic acids is 3. The molecule has 0 bridgehead atoms. The highest BCUT2D eigenvalue weighted by molar-refractivity contribution is 7.99. The van der Waals surface area contributed by atoms with Crippen LogP contribution >= 0.6 is 11.8 Å². The van der Waals surface area contributed by atoms with E-state index in [4.69, 9.17) is 9.47 Å². The summed E-state index contributed by atoms with van der Waals surface area (Å²) >= 11 is 1.51. The predicted molar refractivity (Wildman–Crippen MR) is 131 cm³/mol. The fraction of sp³-hybridized carbons (Fsp3) is 0.192. The first-order chi connectivity index (χ1) is 16.9. The molecule has 35 heavy (non-hydrogen) atoms. The first-order valence-electron chi connectivity index (χ1n) is 11.1. The Bertz CT molecular complexity index is 1300. The van der Waals surface area contributed by atoms with Crippen molar-refractivity contribution in [2.24, 2.45) is 0 Å². The summed E-state index contributed by atoms with van der Waals surface area (Å²) in [6, 6.07) is 21.7. The zero-order valence-electron chi connectivity index (χ0n) is 18.9. The number of rotatable bonds is 6. The summed E-state index contributed by atoms with van der Waals surface area (Å²) in [5.41, 5.74) is -0.172. The van der Waals surface area contributed by atoms with Crippen LogP contribution in [-0.4, -0.2) is 42.5 Å². The number of anilines is 1. The van der Waals surface area contributed by atoms with Crippen LogP contribution in [0.5, 0.6) is 11.5 Å². The number of urea groups is 1. The van der Waals surface area contributed by atoms with Gasteiger partial charge in [-0.25, -0.2) is 4.79 Å². The maximum Gasteiger partial charge on any atom is 0.325 e. The molecule has 0 saturated carbocycles. The molecule has 3 aromatic rings. The van der Waals surface area contributed by atoms with Crippen LogP contribution in [0.25, 0.3) is 0 Å². The van der Waals surface area contributed by atoms with Crippen molar-refractivity contribution in [1.82, 2.24) is 10.2 Å². The lowest BCUT2D eigenvalue weighted by Crippen LogP contribution is -2.42. The largest absolute Gasteiger partial charge is 0.486 e. The number of nitrogens with zero attached hydrogens (tertiary/aromatic N) is 1. The summed E-state index contributed by atoms with van der Waals surface area (Å²) in [7, 11) is 0. The van der Waals surface area contributed by atoms with Gasteiger partial charge < -0.3 is 20.1 Å². The van der Waals surface area contributed by atoms with Gasteiger partial charge in [0, 0.05) is 9.79 Å². The number of carbonyl (C=O) groups is 3. The highest BCUT2D eigenvalue weighted by Crippen LogP contribution is 2.37. The van der Waals surface area contributed by atoms with Gasteiger partial charge in [0.25, 0.3) is 5.91 Å². The van der Waals surface area contributed by atoms with E-state index in [1.807, 2.05) is 48.5 Å². The van der Waals surface area contributed by atoms with E-state index in [1.165, 1.54) is 11.8 Å². The van der Waals surface area contributed by atoms with Crippen LogP contribution in [-0.2, 0) is 15.1 Å². The minimum atomic E-state index is -1.33. The third kappa shape index (κ3) is 4.54. The average Bonchev–Trinajstić information content (AvgIpc) is 3.09. The summed E-state index contributed by atoms with van der Waals surface area (Å²) in [5.74, 6) is 0.117. The van der Waals surface area contributed by atoms with E-state index in [9.17, 15) is 14.4 Å². The number of para-hydroxylation sites is 1. The molecule has 178 valence electrons. The van der Waals surface area contributed by atoms with Crippen molar-refractivity contribution in [3.05, 3.63) is 78.4 Å². The molecule has 5 rings (SSSR count). The summed E-state index contributed by atoms with van der Waals surface area (Å²) in [6.45, 7) is 2.07. The van der Waals surface area contributed by atoms with E-state index in [0.717, 1.165) is 14.7 Å². The van der Waals surface area contributed by atoms with Crippen molar-refractivity contribution in [3.8, 4) is 11.5 Å². The van der Waals surface area contributed by atoms with E-state index in [2.05, 4.69) is 10.6 Å². The lowest BCUT2D eigenvalue weighted by atomic mass is 9.91. The Kier molecular flexibility index (Phi) is 6.08. The summed E-state index contributed by atoms with van der Waals surface area (Å²) < 4.78 is 11.2. The number of nitrogens with one attached hydrogen (secondary N) is 2. The molecule has 0 aliphatic carbocycles. The molecule has 0 aromatic heterocycles. The fourth-order valence-corrected chi connectivity index (χ4v) is 4.92. The topological polar surface area (TPSA) is 97.0 Å². The maximum absolute atomic E-state index is 13.3. The van der Waals surface area contributed by atoms with E-state index in [0.29, 0.717) is 36.0 Å². The molecular weight excluding hydrogens is 466 g/mol. The van der Waals surface area contributed by atoms with Crippen molar-refractivity contribution in [3.63, 3.8) is 0 Å². The minimum Gasteiger partial charge on any atom is -0.486 e. The van der Waals surface area contributed by atoms with Crippen LogP contribution in [0.2, 0.25) is 0 Å². The summed E-state index contributed by atoms with van der Waals surface area (Å²) in [6.07, 6.45) is 0. The Labute approximate surface area is 206 Å². The first-order valence-corrected chi connectivity index (χ1v) is 11.9. The van der Waals surface area contributed by atoms with Crippen LogP contribution in [0.1, 0.15) is 12.5 Å². The van der Waals surface area contributed by atoms with Gasteiger partial charge in [0.15, 0.2) is 11.5 Å². The van der Waals surface area contributed by atoms with Gasteiger partial charge in [-0.15, -0.1) is 0 Å². The van der Waals surface area contributed by atoms with E-state index < -0.39 is 29.9 Å². The second-order valence-electron chi connectivity index (χ2n) is 8.26. The Morgan fingerprint density at radius 2 is 1.71 bits per heavy atom. The average molecular weight is 490 g/mol. The van der Waals surface area contributed by atoms with Gasteiger partial charge in [-0.05, 0) is 48.9 Å². The highest BCUT2D eigenvalue weighted by Gasteiger charge is 2.49. The van der Waals surface area contributed by atoms with Crippen LogP contribution in [0.4, 0.5) is 10.5 Å². The van der Waals surface area contributed by atoms with Crippen molar-refractivity contribution >= 4 is 35.3 Å². The quantitative estimate of drug-likeness (QED) is 0.508. The molecule has 3 aromatic carbocycles. The smallest absolute Gasteiger partial charge is 0.325 e. The molecule has 1 saturated heterocycles. The number of fused-ring (bicyclic) bond motifs is 1. The number of benzene rings is 3. The lowest BCUT2D eigenvalue weighted by molar-refractivity contribution is -0.133. The molecule has 9 heteroatoms. The zero-order valence-corrected chi connectivity index (χ0v) is 19.8. The van der Waals surface area contributed by atoms with Gasteiger partial charge in [-0.3, -0.25) is 14.5 Å². The zero-order chi connectivity index (χ0) is 24.4. The van der Waals surface area contributed by atoms with Crippen molar-refractivity contribution in [1.29, 1.82) is 0 Å². The molecular formula is C26H23N3O5S. The molecule has 0 spiro atoms. The summed E-state index contributed by atoms with van der Waals surface area (Å²) in [4.78, 5) is 41.7. The molecule has 0 radical (unpaired) electrons. The molecule has 2 N–H and O–H groups in total. The standard InChI is InChI=1S/C26H23N3O5S/c1-26(17-11-12-20-21(15-17)34-14-13-33-20)24(31)29(25(32)28-26)16-23(30)27-19-9-5-6-10-22(19)35-18-7-3-2-4-8-18/h2-12,15H,13-14,16H2,1H3,(H,27,30)(H,28,32). The van der Waals surface area contributed by atoms with Gasteiger partial charge >= 0.3 is 6.03 Å². The Balaban J connectivity index is 1.30. The van der Waals surface area contributed by atoms with Crippen LogP contribution in [0.15, 0.2) is 82.6 Å². The molecule has 2 heterocycles. The monoisotopic (exact) mass is 489 g/mol. The minimum absolute atomic E-state index is 0.407. The van der Waals surface area contributed by atoms with Gasteiger partial charge in [0.1, 0.15) is 25.3 Å². The van der Waals surface area contributed by atoms with E-state index in [1.54, 1.807) is 31.2 Å². The van der Waals surface area contributed by atoms with Crippen LogP contribution < -0.4 is 20.1 Å². The molecule has 1 fully saturated rings. The van der Waals surface area contributed by atoms with Crippen LogP contribution in [0.3, 0.4) is 0 Å². The third-order valence-electron chi connectivity index (χ3n) is 5.83. The lowest BCUT2D eigenvalue weighted by Gasteiger charge is -2.25. The Morgan fingerprint density at radius 1 is 1.00 bits per heavy atom. The molecule has 1 atom stereocenters. The van der Waals surface area contributed by atoms with E-state index in [-0.39, 0.29) is 0 Å². The predicted octanol–water partition coefficient (Wildman–Crippen LogP) is 4.01. The molecule has 8 nitrogen and oxygen atoms in total. The molecule has 4 amide bonds. The molecule has 1 unspecified atom stereocenters. The number of amides is 4. The van der Waals surface area contributed by atoms with E-state index >= 15 is 0 Å². The number of hydrogen-bond acceptors (Lipinski definition) is 6. The Morgan fingerprint density at radius 3 is 2.51 bits per heavy atom. The van der Waals surface area contributed by atoms with Gasteiger partial charge in [-0.1, -0.05) is 48.2 Å². The van der Waals surface area contributed by atoms with Gasteiger partial charge in [-0.2, -0.15) is 0 Å². The normalized spacial score (nSPS) is 18.8. The molecule has 2 aliphatic rings. The van der Waals surface area contributed by atoms with Crippen molar-refractivity contribution in [2.45, 2.75) is 22.3 Å². The number of imide groups is 1. The second kappa shape index (κ2) is 9.34. The summed E-state index contributed by atoms with van der Waals surface area (Å²) in [5, 5.41) is 5.56. The second-order valence-corrected chi connectivity index (χ2v) is 9.38. The maximum atomic E-state index is 13.3. The van der Waals surface area contributed by atoms with Gasteiger partial charge in [0.2, 0.25) is 5.91 Å². The number of hydrogen-bond donors (Lipinski definition) is 2. The third-order valence-corrected chi connectivity index (χ3v) is 6.91. The van der Waals surface area contributed by atoms with Crippen LogP contribution in [0, 0.1) is 0 Å². The Hall–Kier alpha value is -3.98. The number of ether oxygens (including phenoxy) is 2. The first kappa shape index (κ1) is 22.8. The van der Waals surface area contributed by atoms with Crippen molar-refractivity contribution < 1.29 is 23.9 Å². The SMILES string of the molecule is CC1(c2ccc3c(c2)OCCO3)NC(=O)N(CC(=O)Nc2ccccc2Sc2ccccc2)C1=O. The van der Waals surface area contributed by atoms with Gasteiger partial charge in [0.05, 0.1) is 5.69 Å². The van der Waals surface area contributed by atoms with Crippen molar-refractivity contribution in [2.75, 3.05) is 25.1 Å². The highest BCUT2D eigenvalue weighted by atomic mass is 32.2. The molecule has 2 aliphatic heterocycles. The fourth-order valence-electron chi connectivity index (χ4n) is 4.00.